The highest BCUT2D eigenvalue weighted by Gasteiger charge is 2.10. The summed E-state index contributed by atoms with van der Waals surface area (Å²) in [5, 5.41) is 13.1. The third kappa shape index (κ3) is 5.63. The maximum Gasteiger partial charge on any atom is 0.277 e. The predicted octanol–water partition coefficient (Wildman–Crippen LogP) is 4.21. The van der Waals surface area contributed by atoms with Gasteiger partial charge in [-0.1, -0.05) is 28.1 Å². The molecule has 0 fully saturated rings. The van der Waals surface area contributed by atoms with Gasteiger partial charge in [-0.2, -0.15) is 5.10 Å². The molecule has 0 radical (unpaired) electrons. The number of benzene rings is 2. The van der Waals surface area contributed by atoms with Crippen molar-refractivity contribution in [1.29, 1.82) is 0 Å². The van der Waals surface area contributed by atoms with Gasteiger partial charge in [0.05, 0.1) is 15.2 Å². The summed E-state index contributed by atoms with van der Waals surface area (Å²) in [5.74, 6) is 0.261. The van der Waals surface area contributed by atoms with Crippen LogP contribution >= 0.6 is 47.8 Å². The van der Waals surface area contributed by atoms with Crippen LogP contribution in [0.4, 0.5) is 0 Å². The second-order valence-corrected chi connectivity index (χ2v) is 7.00. The first-order valence-corrected chi connectivity index (χ1v) is 8.72. The molecule has 0 aliphatic rings. The van der Waals surface area contributed by atoms with Crippen LogP contribution in [0.15, 0.2) is 54.9 Å². The van der Waals surface area contributed by atoms with E-state index in [4.69, 9.17) is 4.74 Å². The van der Waals surface area contributed by atoms with Gasteiger partial charge in [0, 0.05) is 4.47 Å². The molecule has 0 unspecified atom stereocenters. The van der Waals surface area contributed by atoms with E-state index in [1.165, 1.54) is 12.3 Å². The molecule has 120 valence electrons. The molecule has 8 heteroatoms. The average molecular weight is 507 g/mol. The third-order valence-electron chi connectivity index (χ3n) is 2.58. The van der Waals surface area contributed by atoms with Crippen LogP contribution in [0.25, 0.3) is 0 Å². The molecule has 2 N–H and O–H groups in total. The smallest absolute Gasteiger partial charge is 0.277 e. The number of hydrogen-bond donors (Lipinski definition) is 2. The van der Waals surface area contributed by atoms with E-state index < -0.39 is 5.91 Å². The van der Waals surface area contributed by atoms with Gasteiger partial charge in [-0.25, -0.2) is 5.43 Å². The first-order chi connectivity index (χ1) is 11.0. The minimum atomic E-state index is -0.400. The summed E-state index contributed by atoms with van der Waals surface area (Å²) >= 11 is 10.1. The van der Waals surface area contributed by atoms with E-state index in [1.807, 2.05) is 12.1 Å². The molecule has 2 rings (SSSR count). The summed E-state index contributed by atoms with van der Waals surface area (Å²) in [7, 11) is 0. The molecule has 0 heterocycles. The Morgan fingerprint density at radius 1 is 1.22 bits per heavy atom. The monoisotopic (exact) mass is 504 g/mol. The Labute approximate surface area is 158 Å². The normalized spacial score (nSPS) is 10.7. The van der Waals surface area contributed by atoms with Gasteiger partial charge < -0.3 is 9.84 Å². The molecule has 0 aliphatic carbocycles. The Morgan fingerprint density at radius 3 is 2.57 bits per heavy atom. The Balaban J connectivity index is 1.88. The number of carbonyl (C=O) groups excluding carboxylic acids is 1. The lowest BCUT2D eigenvalue weighted by Gasteiger charge is -2.09. The van der Waals surface area contributed by atoms with Gasteiger partial charge in [-0.3, -0.25) is 4.79 Å². The minimum Gasteiger partial charge on any atom is -0.508 e. The zero-order chi connectivity index (χ0) is 16.8. The maximum absolute atomic E-state index is 11.7. The third-order valence-corrected chi connectivity index (χ3v) is 4.22. The lowest BCUT2D eigenvalue weighted by molar-refractivity contribution is -0.123. The van der Waals surface area contributed by atoms with Crippen molar-refractivity contribution in [2.45, 2.75) is 0 Å². The molecule has 0 spiro atoms. The van der Waals surface area contributed by atoms with Crippen LogP contribution < -0.4 is 10.2 Å². The number of hydrogen-bond acceptors (Lipinski definition) is 4. The van der Waals surface area contributed by atoms with Crippen LogP contribution in [0.1, 0.15) is 5.56 Å². The van der Waals surface area contributed by atoms with Gasteiger partial charge >= 0.3 is 0 Å². The highest BCUT2D eigenvalue weighted by Crippen LogP contribution is 2.36. The predicted molar refractivity (Wildman–Crippen MR) is 98.9 cm³/mol. The second kappa shape index (κ2) is 8.47. The van der Waals surface area contributed by atoms with Crippen molar-refractivity contribution in [2.24, 2.45) is 5.10 Å². The van der Waals surface area contributed by atoms with Crippen LogP contribution in [0.3, 0.4) is 0 Å². The lowest BCUT2D eigenvalue weighted by atomic mass is 10.2. The van der Waals surface area contributed by atoms with Gasteiger partial charge in [-0.05, 0) is 61.7 Å². The van der Waals surface area contributed by atoms with Crippen molar-refractivity contribution in [2.75, 3.05) is 6.61 Å². The van der Waals surface area contributed by atoms with Crippen molar-refractivity contribution in [3.8, 4) is 11.5 Å². The van der Waals surface area contributed by atoms with E-state index in [-0.39, 0.29) is 12.4 Å². The van der Waals surface area contributed by atoms with Crippen molar-refractivity contribution >= 4 is 59.9 Å². The summed E-state index contributed by atoms with van der Waals surface area (Å²) in [6, 6.07) is 10.2. The van der Waals surface area contributed by atoms with Gasteiger partial charge in [-0.15, -0.1) is 0 Å². The first kappa shape index (κ1) is 18.0. The molecular formula is C15H11Br3N2O3. The van der Waals surface area contributed by atoms with Crippen molar-refractivity contribution in [3.63, 3.8) is 0 Å². The molecule has 23 heavy (non-hydrogen) atoms. The van der Waals surface area contributed by atoms with E-state index in [1.54, 1.807) is 18.2 Å². The molecule has 2 aromatic carbocycles. The van der Waals surface area contributed by atoms with Crippen molar-refractivity contribution < 1.29 is 14.6 Å². The fourth-order valence-electron chi connectivity index (χ4n) is 1.62. The first-order valence-electron chi connectivity index (χ1n) is 6.34. The highest BCUT2D eigenvalue weighted by molar-refractivity contribution is 9.11. The quantitative estimate of drug-likeness (QED) is 0.471. The fourth-order valence-corrected chi connectivity index (χ4v) is 4.11. The van der Waals surface area contributed by atoms with E-state index in [0.717, 1.165) is 13.4 Å². The molecule has 0 atom stereocenters. The highest BCUT2D eigenvalue weighted by atomic mass is 79.9. The van der Waals surface area contributed by atoms with E-state index in [9.17, 15) is 9.90 Å². The molecule has 0 saturated carbocycles. The number of rotatable bonds is 5. The summed E-state index contributed by atoms with van der Waals surface area (Å²) in [6.45, 7) is -0.184. The summed E-state index contributed by atoms with van der Waals surface area (Å²) in [5.41, 5.74) is 3.03. The minimum absolute atomic E-state index is 0.133. The number of carbonyl (C=O) groups is 1. The number of halogens is 3. The summed E-state index contributed by atoms with van der Waals surface area (Å²) < 4.78 is 7.78. The van der Waals surface area contributed by atoms with Crippen LogP contribution in [0.2, 0.25) is 0 Å². The van der Waals surface area contributed by atoms with Crippen LogP contribution in [0.5, 0.6) is 11.5 Å². The van der Waals surface area contributed by atoms with Crippen LogP contribution in [0, 0.1) is 0 Å². The van der Waals surface area contributed by atoms with Crippen LogP contribution in [-0.4, -0.2) is 23.8 Å². The standard InChI is InChI=1S/C15H11Br3N2O3/c16-10-5-12(17)15(13(18)6-10)23-8-14(22)20-19-7-9-2-1-3-11(21)4-9/h1-7,21H,8H2,(H,20,22). The largest absolute Gasteiger partial charge is 0.508 e. The zero-order valence-electron chi connectivity index (χ0n) is 11.6. The molecule has 0 bridgehead atoms. The number of phenolic OH excluding ortho intramolecular Hbond substituents is 1. The molecule has 5 nitrogen and oxygen atoms in total. The molecule has 0 aliphatic heterocycles. The van der Waals surface area contributed by atoms with Crippen molar-refractivity contribution in [3.05, 3.63) is 55.4 Å². The zero-order valence-corrected chi connectivity index (χ0v) is 16.4. The van der Waals surface area contributed by atoms with Gasteiger partial charge in [0.1, 0.15) is 11.5 Å². The van der Waals surface area contributed by atoms with Crippen molar-refractivity contribution in [1.82, 2.24) is 5.43 Å². The van der Waals surface area contributed by atoms with Gasteiger partial charge in [0.2, 0.25) is 0 Å². The number of nitrogens with one attached hydrogen (secondary N) is 1. The topological polar surface area (TPSA) is 70.9 Å². The van der Waals surface area contributed by atoms with E-state index in [0.29, 0.717) is 11.3 Å². The summed E-state index contributed by atoms with van der Waals surface area (Å²) in [6.07, 6.45) is 1.43. The van der Waals surface area contributed by atoms with Gasteiger partial charge in [0.15, 0.2) is 6.61 Å². The Bertz CT molecular complexity index is 727. The summed E-state index contributed by atoms with van der Waals surface area (Å²) in [4.78, 5) is 11.7. The number of ether oxygens (including phenoxy) is 1. The number of phenols is 1. The SMILES string of the molecule is O=C(COc1c(Br)cc(Br)cc1Br)NN=Cc1cccc(O)c1. The number of aromatic hydroxyl groups is 1. The molecular weight excluding hydrogens is 496 g/mol. The van der Waals surface area contributed by atoms with Crippen LogP contribution in [-0.2, 0) is 4.79 Å². The molecule has 2 aromatic rings. The van der Waals surface area contributed by atoms with E-state index >= 15 is 0 Å². The fraction of sp³-hybridized carbons (Fsp3) is 0.0667. The lowest BCUT2D eigenvalue weighted by Crippen LogP contribution is -2.24. The number of amides is 1. The Kier molecular flexibility index (Phi) is 6.61. The molecule has 0 saturated heterocycles. The second-order valence-electron chi connectivity index (χ2n) is 4.38. The number of hydrazone groups is 1. The molecule has 1 amide bonds. The average Bonchev–Trinajstić information content (AvgIpc) is 2.46. The Hall–Kier alpha value is -1.38. The van der Waals surface area contributed by atoms with Gasteiger partial charge in [0.25, 0.3) is 5.91 Å². The molecule has 0 aromatic heterocycles. The number of nitrogens with zero attached hydrogens (tertiary/aromatic N) is 1. The van der Waals surface area contributed by atoms with E-state index in [2.05, 4.69) is 58.3 Å². The Morgan fingerprint density at radius 2 is 1.91 bits per heavy atom. The maximum atomic E-state index is 11.7.